The van der Waals surface area contributed by atoms with Crippen molar-refractivity contribution in [2.24, 2.45) is 0 Å². The average Bonchev–Trinajstić information content (AvgIpc) is 2.20. The molecule has 0 rings (SSSR count). The Bertz CT molecular complexity index is 127. The van der Waals surface area contributed by atoms with Gasteiger partial charge in [-0.3, -0.25) is 4.90 Å². The molecule has 0 heterocycles. The Hall–Kier alpha value is -0.490. The molecule has 15 heavy (non-hydrogen) atoms. The van der Waals surface area contributed by atoms with E-state index in [1.807, 2.05) is 6.92 Å². The summed E-state index contributed by atoms with van der Waals surface area (Å²) in [7, 11) is 0. The molecule has 5 heteroatoms. The van der Waals surface area contributed by atoms with Crippen molar-refractivity contribution in [3.05, 3.63) is 0 Å². The Labute approximate surface area is 91.3 Å². The first-order chi connectivity index (χ1) is 7.12. The second kappa shape index (κ2) is 13.5. The van der Waals surface area contributed by atoms with Crippen LogP contribution in [-0.2, 0) is 4.79 Å². The molecular formula is C10H23NO4. The summed E-state index contributed by atoms with van der Waals surface area (Å²) >= 11 is 0. The monoisotopic (exact) mass is 221 g/mol. The van der Waals surface area contributed by atoms with Crippen LogP contribution in [0.4, 0.5) is 0 Å². The van der Waals surface area contributed by atoms with Gasteiger partial charge in [0, 0.05) is 26.1 Å². The van der Waals surface area contributed by atoms with Crippen LogP contribution >= 0.6 is 0 Å². The first-order valence-corrected chi connectivity index (χ1v) is 5.16. The molecule has 0 aliphatic heterocycles. The highest BCUT2D eigenvalue weighted by atomic mass is 16.3. The molecule has 0 aliphatic rings. The number of aliphatic hydroxyl groups excluding tert-OH is 3. The molecule has 0 saturated heterocycles. The number of aliphatic hydroxyl groups is 3. The molecule has 0 atom stereocenters. The van der Waals surface area contributed by atoms with Crippen LogP contribution in [0, 0.1) is 0 Å². The van der Waals surface area contributed by atoms with E-state index < -0.39 is 0 Å². The second-order valence-electron chi connectivity index (χ2n) is 3.07. The van der Waals surface area contributed by atoms with Gasteiger partial charge in [0.15, 0.2) is 0 Å². The molecule has 0 aromatic heterocycles. The van der Waals surface area contributed by atoms with E-state index in [1.54, 1.807) is 11.8 Å². The lowest BCUT2D eigenvalue weighted by atomic mass is 10.4. The summed E-state index contributed by atoms with van der Waals surface area (Å²) in [5.74, 6) is 0.255. The van der Waals surface area contributed by atoms with Crippen LogP contribution in [0.5, 0.6) is 0 Å². The number of Topliss-reactive ketones (excluding diaryl/α,β-unsaturated/α-hetero) is 1. The van der Waals surface area contributed by atoms with Crippen LogP contribution in [0.3, 0.4) is 0 Å². The molecule has 0 amide bonds. The SMILES string of the molecule is CCC(C)=O.OCCN(CCO)CCO. The summed E-state index contributed by atoms with van der Waals surface area (Å²) in [6.45, 7) is 5.19. The van der Waals surface area contributed by atoms with Gasteiger partial charge in [-0.25, -0.2) is 0 Å². The van der Waals surface area contributed by atoms with Crippen LogP contribution in [-0.4, -0.2) is 65.5 Å². The summed E-state index contributed by atoms with van der Waals surface area (Å²) in [6, 6.07) is 0. The van der Waals surface area contributed by atoms with Crippen LogP contribution in [0.25, 0.3) is 0 Å². The lowest BCUT2D eigenvalue weighted by molar-refractivity contribution is -0.116. The zero-order valence-corrected chi connectivity index (χ0v) is 9.65. The molecular weight excluding hydrogens is 198 g/mol. The lowest BCUT2D eigenvalue weighted by Gasteiger charge is -2.17. The van der Waals surface area contributed by atoms with Gasteiger partial charge in [0.1, 0.15) is 5.78 Å². The van der Waals surface area contributed by atoms with Crippen molar-refractivity contribution in [2.75, 3.05) is 39.5 Å². The van der Waals surface area contributed by atoms with Gasteiger partial charge < -0.3 is 20.1 Å². The van der Waals surface area contributed by atoms with Gasteiger partial charge >= 0.3 is 0 Å². The fraction of sp³-hybridized carbons (Fsp3) is 0.900. The van der Waals surface area contributed by atoms with E-state index in [1.165, 1.54) is 0 Å². The molecule has 5 nitrogen and oxygen atoms in total. The lowest BCUT2D eigenvalue weighted by Crippen LogP contribution is -2.32. The highest BCUT2D eigenvalue weighted by Crippen LogP contribution is 1.84. The van der Waals surface area contributed by atoms with E-state index in [2.05, 4.69) is 0 Å². The van der Waals surface area contributed by atoms with E-state index in [9.17, 15) is 4.79 Å². The van der Waals surface area contributed by atoms with E-state index >= 15 is 0 Å². The molecule has 0 aromatic rings. The molecule has 0 aromatic carbocycles. The highest BCUT2D eigenvalue weighted by Gasteiger charge is 2.00. The first kappa shape index (κ1) is 16.9. The highest BCUT2D eigenvalue weighted by molar-refractivity contribution is 5.74. The number of carbonyl (C=O) groups is 1. The third kappa shape index (κ3) is 16.2. The zero-order chi connectivity index (χ0) is 12.1. The van der Waals surface area contributed by atoms with Gasteiger partial charge in [-0.1, -0.05) is 6.92 Å². The maximum atomic E-state index is 9.81. The van der Waals surface area contributed by atoms with Gasteiger partial charge in [0.05, 0.1) is 19.8 Å². The van der Waals surface area contributed by atoms with E-state index in [0.29, 0.717) is 26.1 Å². The van der Waals surface area contributed by atoms with Crippen molar-refractivity contribution < 1.29 is 20.1 Å². The quantitative estimate of drug-likeness (QED) is 0.527. The van der Waals surface area contributed by atoms with Crippen LogP contribution in [0.15, 0.2) is 0 Å². The molecule has 0 aliphatic carbocycles. The average molecular weight is 221 g/mol. The van der Waals surface area contributed by atoms with Crippen LogP contribution in [0.1, 0.15) is 20.3 Å². The Morgan fingerprint density at radius 2 is 1.27 bits per heavy atom. The number of nitrogens with zero attached hydrogens (tertiary/aromatic N) is 1. The normalized spacial score (nSPS) is 9.73. The maximum Gasteiger partial charge on any atom is 0.129 e. The maximum absolute atomic E-state index is 9.81. The van der Waals surface area contributed by atoms with Crippen LogP contribution in [0.2, 0.25) is 0 Å². The van der Waals surface area contributed by atoms with Crippen molar-refractivity contribution >= 4 is 5.78 Å². The Kier molecular flexibility index (Phi) is 15.2. The second-order valence-corrected chi connectivity index (χ2v) is 3.07. The summed E-state index contributed by atoms with van der Waals surface area (Å²) in [5, 5.41) is 25.5. The number of rotatable bonds is 7. The van der Waals surface area contributed by atoms with Crippen molar-refractivity contribution in [3.8, 4) is 0 Å². The fourth-order valence-electron chi connectivity index (χ4n) is 0.760. The van der Waals surface area contributed by atoms with Crippen molar-refractivity contribution in [1.82, 2.24) is 4.90 Å². The van der Waals surface area contributed by atoms with Gasteiger partial charge in [-0.2, -0.15) is 0 Å². The fourth-order valence-corrected chi connectivity index (χ4v) is 0.760. The van der Waals surface area contributed by atoms with Gasteiger partial charge in [0.2, 0.25) is 0 Å². The first-order valence-electron chi connectivity index (χ1n) is 5.16. The Balaban J connectivity index is 0. The molecule has 92 valence electrons. The number of ketones is 1. The number of hydrogen-bond donors (Lipinski definition) is 3. The molecule has 0 fully saturated rings. The summed E-state index contributed by atoms with van der Waals surface area (Å²) in [6.07, 6.45) is 0.667. The predicted octanol–water partition coefficient (Wildman–Crippen LogP) is -0.749. The molecule has 0 saturated carbocycles. The smallest absolute Gasteiger partial charge is 0.129 e. The number of carbonyl (C=O) groups excluding carboxylic acids is 1. The summed E-state index contributed by atoms with van der Waals surface area (Å²) in [4.78, 5) is 11.6. The predicted molar refractivity (Wildman–Crippen MR) is 58.7 cm³/mol. The van der Waals surface area contributed by atoms with Crippen molar-refractivity contribution in [1.29, 1.82) is 0 Å². The van der Waals surface area contributed by atoms with Gasteiger partial charge in [0.25, 0.3) is 0 Å². The Morgan fingerprint density at radius 1 is 1.00 bits per heavy atom. The minimum Gasteiger partial charge on any atom is -0.395 e. The summed E-state index contributed by atoms with van der Waals surface area (Å²) < 4.78 is 0. The third-order valence-electron chi connectivity index (χ3n) is 1.75. The van der Waals surface area contributed by atoms with E-state index in [-0.39, 0.29) is 25.6 Å². The van der Waals surface area contributed by atoms with E-state index in [4.69, 9.17) is 15.3 Å². The zero-order valence-electron chi connectivity index (χ0n) is 9.65. The molecule has 0 spiro atoms. The largest absolute Gasteiger partial charge is 0.395 e. The number of hydrogen-bond acceptors (Lipinski definition) is 5. The standard InChI is InChI=1S/C6H15NO3.C4H8O/c8-4-1-7(2-5-9)3-6-10;1-3-4(2)5/h8-10H,1-6H2;3H2,1-2H3. The van der Waals surface area contributed by atoms with Crippen LogP contribution < -0.4 is 0 Å². The summed E-state index contributed by atoms with van der Waals surface area (Å²) in [5.41, 5.74) is 0. The minimum absolute atomic E-state index is 0.0694. The molecule has 0 bridgehead atoms. The third-order valence-corrected chi connectivity index (χ3v) is 1.75. The topological polar surface area (TPSA) is 81.0 Å². The van der Waals surface area contributed by atoms with E-state index in [0.717, 1.165) is 0 Å². The molecule has 0 radical (unpaired) electrons. The Morgan fingerprint density at radius 3 is 1.40 bits per heavy atom. The molecule has 0 unspecified atom stereocenters. The minimum atomic E-state index is 0.0694. The molecule has 3 N–H and O–H groups in total. The van der Waals surface area contributed by atoms with Crippen molar-refractivity contribution in [3.63, 3.8) is 0 Å². The van der Waals surface area contributed by atoms with Crippen molar-refractivity contribution in [2.45, 2.75) is 20.3 Å². The van der Waals surface area contributed by atoms with Gasteiger partial charge in [-0.05, 0) is 6.92 Å². The van der Waals surface area contributed by atoms with Gasteiger partial charge in [-0.15, -0.1) is 0 Å².